The van der Waals surface area contributed by atoms with Crippen molar-refractivity contribution in [1.29, 1.82) is 0 Å². The second-order valence-corrected chi connectivity index (χ2v) is 8.74. The molecule has 5 rings (SSSR count). The number of aryl methyl sites for hydroxylation is 1. The van der Waals surface area contributed by atoms with E-state index in [0.29, 0.717) is 5.65 Å². The second-order valence-electron chi connectivity index (χ2n) is 8.74. The summed E-state index contributed by atoms with van der Waals surface area (Å²) in [5, 5.41) is 26.7. The average Bonchev–Trinajstić information content (AvgIpc) is 3.27. The minimum atomic E-state index is -1.41. The number of benzene rings is 1. The number of ether oxygens (including phenoxy) is 1. The maximum atomic E-state index is 11.3. The first-order valence-corrected chi connectivity index (χ1v) is 10.5. The molecule has 0 radical (unpaired) electrons. The number of rotatable bonds is 3. The predicted molar refractivity (Wildman–Crippen MR) is 113 cm³/mol. The smallest absolute Gasteiger partial charge is 0.164 e. The third-order valence-electron chi connectivity index (χ3n) is 6.84. The summed E-state index contributed by atoms with van der Waals surface area (Å²) in [6.45, 7) is 7.45. The highest BCUT2D eigenvalue weighted by atomic mass is 16.6. The molecule has 0 aliphatic carbocycles. The number of hydrogen-bond acceptors (Lipinski definition) is 6. The van der Waals surface area contributed by atoms with Crippen LogP contribution >= 0.6 is 0 Å². The normalized spacial score (nSPS) is 29.8. The van der Waals surface area contributed by atoms with E-state index in [4.69, 9.17) is 4.74 Å². The number of aliphatic hydroxyl groups is 2. The highest BCUT2D eigenvalue weighted by Gasteiger charge is 2.55. The van der Waals surface area contributed by atoms with E-state index in [-0.39, 0.29) is 5.92 Å². The maximum Gasteiger partial charge on any atom is 0.164 e. The second kappa shape index (κ2) is 7.13. The Labute approximate surface area is 175 Å². The first kappa shape index (κ1) is 19.6. The fourth-order valence-corrected chi connectivity index (χ4v) is 5.09. The van der Waals surface area contributed by atoms with Gasteiger partial charge in [0.1, 0.15) is 23.7 Å². The summed E-state index contributed by atoms with van der Waals surface area (Å²) < 4.78 is 8.17. The van der Waals surface area contributed by atoms with E-state index in [0.717, 1.165) is 36.2 Å². The van der Waals surface area contributed by atoms with Gasteiger partial charge in [0.05, 0.1) is 11.8 Å². The minimum absolute atomic E-state index is 0.0901. The molecule has 1 saturated heterocycles. The van der Waals surface area contributed by atoms with Crippen LogP contribution in [0.4, 0.5) is 0 Å². The molecule has 2 aromatic heterocycles. The predicted octanol–water partition coefficient (Wildman–Crippen LogP) is 2.20. The van der Waals surface area contributed by atoms with Gasteiger partial charge in [-0.25, -0.2) is 9.97 Å². The van der Waals surface area contributed by atoms with Gasteiger partial charge in [-0.1, -0.05) is 25.1 Å². The van der Waals surface area contributed by atoms with Crippen molar-refractivity contribution in [3.8, 4) is 0 Å². The van der Waals surface area contributed by atoms with Crippen molar-refractivity contribution in [3.63, 3.8) is 0 Å². The van der Waals surface area contributed by atoms with E-state index < -0.39 is 24.0 Å². The molecular weight excluding hydrogens is 380 g/mol. The van der Waals surface area contributed by atoms with Crippen LogP contribution in [0.5, 0.6) is 0 Å². The van der Waals surface area contributed by atoms with Crippen molar-refractivity contribution in [2.75, 3.05) is 6.54 Å². The van der Waals surface area contributed by atoms with Crippen molar-refractivity contribution < 1.29 is 14.9 Å². The molecule has 1 unspecified atom stereocenters. The zero-order valence-electron chi connectivity index (χ0n) is 17.5. The van der Waals surface area contributed by atoms with Gasteiger partial charge in [0.25, 0.3) is 0 Å². The first-order chi connectivity index (χ1) is 14.4. The molecule has 5 atom stereocenters. The Morgan fingerprint density at radius 2 is 2.13 bits per heavy atom. The summed E-state index contributed by atoms with van der Waals surface area (Å²) in [5.41, 5.74) is 3.93. The van der Waals surface area contributed by atoms with Crippen LogP contribution in [0, 0.1) is 6.92 Å². The summed E-state index contributed by atoms with van der Waals surface area (Å²) in [6.07, 6.45) is 1.98. The molecule has 0 saturated carbocycles. The summed E-state index contributed by atoms with van der Waals surface area (Å²) >= 11 is 0. The molecule has 7 heteroatoms. The van der Waals surface area contributed by atoms with E-state index in [1.54, 1.807) is 11.5 Å². The minimum Gasteiger partial charge on any atom is -0.385 e. The summed E-state index contributed by atoms with van der Waals surface area (Å²) in [5.74, 6) is -0.0901. The van der Waals surface area contributed by atoms with Crippen molar-refractivity contribution in [2.24, 2.45) is 0 Å². The Bertz CT molecular complexity index is 1090. The van der Waals surface area contributed by atoms with Crippen molar-refractivity contribution in [3.05, 3.63) is 59.2 Å². The third-order valence-corrected chi connectivity index (χ3v) is 6.84. The molecule has 0 spiro atoms. The number of fused-ring (bicyclic) bond motifs is 2. The molecule has 0 amide bonds. The molecule has 3 aromatic rings. The van der Waals surface area contributed by atoms with Crippen LogP contribution in [0.1, 0.15) is 48.4 Å². The van der Waals surface area contributed by atoms with Gasteiger partial charge in [0, 0.05) is 24.0 Å². The van der Waals surface area contributed by atoms with Gasteiger partial charge in [-0.15, -0.1) is 0 Å². The molecule has 1 fully saturated rings. The molecule has 158 valence electrons. The molecule has 4 heterocycles. The van der Waals surface area contributed by atoms with Crippen LogP contribution in [-0.4, -0.2) is 49.1 Å². The van der Waals surface area contributed by atoms with Gasteiger partial charge in [-0.3, -0.25) is 0 Å². The molecule has 2 aliphatic rings. The molecule has 2 aliphatic heterocycles. The van der Waals surface area contributed by atoms with E-state index in [9.17, 15) is 10.2 Å². The first-order valence-electron chi connectivity index (χ1n) is 10.5. The van der Waals surface area contributed by atoms with Crippen LogP contribution in [-0.2, 0) is 17.7 Å². The lowest BCUT2D eigenvalue weighted by Crippen LogP contribution is -2.46. The lowest BCUT2D eigenvalue weighted by atomic mass is 9.80. The van der Waals surface area contributed by atoms with Gasteiger partial charge >= 0.3 is 0 Å². The zero-order chi connectivity index (χ0) is 21.0. The number of hydrogen-bond donors (Lipinski definition) is 3. The Hall–Kier alpha value is -2.32. The highest BCUT2D eigenvalue weighted by Crippen LogP contribution is 2.45. The van der Waals surface area contributed by atoms with Gasteiger partial charge in [-0.05, 0) is 49.6 Å². The van der Waals surface area contributed by atoms with Crippen LogP contribution in [0.2, 0.25) is 0 Å². The summed E-state index contributed by atoms with van der Waals surface area (Å²) in [6, 6.07) is 8.28. The Morgan fingerprint density at radius 1 is 1.30 bits per heavy atom. The largest absolute Gasteiger partial charge is 0.385 e. The van der Waals surface area contributed by atoms with E-state index in [2.05, 4.69) is 40.4 Å². The molecule has 3 N–H and O–H groups in total. The van der Waals surface area contributed by atoms with Crippen molar-refractivity contribution in [2.45, 2.75) is 63.7 Å². The lowest BCUT2D eigenvalue weighted by molar-refractivity contribution is -0.0705. The monoisotopic (exact) mass is 408 g/mol. The molecule has 0 bridgehead atoms. The molecule has 30 heavy (non-hydrogen) atoms. The van der Waals surface area contributed by atoms with E-state index >= 15 is 0 Å². The quantitative estimate of drug-likeness (QED) is 0.615. The summed E-state index contributed by atoms with van der Waals surface area (Å²) in [4.78, 5) is 8.62. The van der Waals surface area contributed by atoms with Crippen molar-refractivity contribution >= 4 is 11.0 Å². The Balaban J connectivity index is 1.52. The van der Waals surface area contributed by atoms with E-state index in [1.807, 2.05) is 19.2 Å². The van der Waals surface area contributed by atoms with Gasteiger partial charge in [-0.2, -0.15) is 0 Å². The fraction of sp³-hybridized carbons (Fsp3) is 0.478. The Kier molecular flexibility index (Phi) is 4.67. The average molecular weight is 409 g/mol. The van der Waals surface area contributed by atoms with Gasteiger partial charge in [0.15, 0.2) is 6.23 Å². The van der Waals surface area contributed by atoms with Gasteiger partial charge in [0.2, 0.25) is 0 Å². The van der Waals surface area contributed by atoms with Crippen LogP contribution in [0.25, 0.3) is 11.0 Å². The van der Waals surface area contributed by atoms with Crippen molar-refractivity contribution in [1.82, 2.24) is 19.9 Å². The van der Waals surface area contributed by atoms with Crippen LogP contribution in [0.15, 0.2) is 36.8 Å². The number of aliphatic hydroxyl groups excluding tert-OH is 1. The molecule has 1 aromatic carbocycles. The topological polar surface area (TPSA) is 92.4 Å². The lowest BCUT2D eigenvalue weighted by Gasteiger charge is -2.32. The Morgan fingerprint density at radius 3 is 2.97 bits per heavy atom. The van der Waals surface area contributed by atoms with E-state index in [1.165, 1.54) is 17.5 Å². The summed E-state index contributed by atoms with van der Waals surface area (Å²) in [7, 11) is 0. The van der Waals surface area contributed by atoms with Crippen LogP contribution < -0.4 is 5.32 Å². The SMILES string of the molecule is Cc1ncnc2c1ccn2[C@@H]1O[C@H](C(C)c2cccc3c2CNCC3)[C@@](C)(O)[C@H]1O. The third kappa shape index (κ3) is 2.88. The number of nitrogens with one attached hydrogen (secondary N) is 1. The molecule has 7 nitrogen and oxygen atoms in total. The number of aromatic nitrogens is 3. The standard InChI is InChI=1S/C23H28N4O3/c1-13(16-6-4-5-15-7-9-24-11-18(15)16)20-23(3,29)19(28)22(30-20)27-10-8-17-14(2)25-12-26-21(17)27/h4-6,8,10,12-13,19-20,22,24,28-29H,7,9,11H2,1-3H3/t13?,19-,20+,22+,23-/m0/s1. The maximum absolute atomic E-state index is 11.3. The number of nitrogens with zero attached hydrogens (tertiary/aromatic N) is 3. The zero-order valence-corrected chi connectivity index (χ0v) is 17.5. The molecular formula is C23H28N4O3. The highest BCUT2D eigenvalue weighted by molar-refractivity contribution is 5.78. The van der Waals surface area contributed by atoms with Gasteiger partial charge < -0.3 is 24.8 Å². The fourth-order valence-electron chi connectivity index (χ4n) is 5.09. The van der Waals surface area contributed by atoms with Crippen LogP contribution in [0.3, 0.4) is 0 Å².